The monoisotopic (exact) mass is 219 g/mol. The van der Waals surface area contributed by atoms with Crippen molar-refractivity contribution < 1.29 is 4.79 Å². The molecule has 4 heteroatoms. The molecule has 0 bridgehead atoms. The molecule has 0 unspecified atom stereocenters. The van der Waals surface area contributed by atoms with E-state index in [1.165, 1.54) is 5.56 Å². The van der Waals surface area contributed by atoms with Gasteiger partial charge in [0.2, 0.25) is 5.91 Å². The lowest BCUT2D eigenvalue weighted by Crippen LogP contribution is -2.36. The molecule has 86 valence electrons. The van der Waals surface area contributed by atoms with E-state index in [4.69, 9.17) is 5.73 Å². The molecule has 0 saturated carbocycles. The molecule has 0 radical (unpaired) electrons. The maximum Gasteiger partial charge on any atom is 0.241 e. The molecule has 1 amide bonds. The van der Waals surface area contributed by atoms with Crippen molar-refractivity contribution in [3.63, 3.8) is 0 Å². The van der Waals surface area contributed by atoms with Crippen molar-refractivity contribution in [2.24, 2.45) is 0 Å². The smallest absolute Gasteiger partial charge is 0.241 e. The van der Waals surface area contributed by atoms with E-state index in [9.17, 15) is 4.79 Å². The molecule has 1 aromatic carbocycles. The number of nitrogens with zero attached hydrogens (tertiary/aromatic N) is 2. The summed E-state index contributed by atoms with van der Waals surface area (Å²) in [6.07, 6.45) is 0.902. The molecule has 1 aliphatic heterocycles. The first kappa shape index (κ1) is 11.0. The highest BCUT2D eigenvalue weighted by Gasteiger charge is 2.24. The van der Waals surface area contributed by atoms with Crippen LogP contribution in [0.2, 0.25) is 0 Å². The summed E-state index contributed by atoms with van der Waals surface area (Å²) in [5.74, 6) is 0.147. The number of fused-ring (bicyclic) bond motifs is 1. The van der Waals surface area contributed by atoms with E-state index in [0.717, 1.165) is 24.3 Å². The lowest BCUT2D eigenvalue weighted by molar-refractivity contribution is -0.119. The molecule has 1 aromatic rings. The van der Waals surface area contributed by atoms with Crippen LogP contribution >= 0.6 is 0 Å². The zero-order chi connectivity index (χ0) is 11.7. The van der Waals surface area contributed by atoms with Gasteiger partial charge in [-0.2, -0.15) is 0 Å². The highest BCUT2D eigenvalue weighted by atomic mass is 16.2. The summed E-state index contributed by atoms with van der Waals surface area (Å²) < 4.78 is 0. The maximum absolute atomic E-state index is 12.0. The van der Waals surface area contributed by atoms with Gasteiger partial charge in [0.05, 0.1) is 6.54 Å². The fraction of sp³-hybridized carbons (Fsp3) is 0.417. The van der Waals surface area contributed by atoms with Crippen molar-refractivity contribution in [1.29, 1.82) is 0 Å². The van der Waals surface area contributed by atoms with Gasteiger partial charge in [-0.05, 0) is 44.3 Å². The second kappa shape index (κ2) is 4.14. The van der Waals surface area contributed by atoms with Crippen molar-refractivity contribution in [3.8, 4) is 0 Å². The molecule has 0 fully saturated rings. The molecule has 0 spiro atoms. The van der Waals surface area contributed by atoms with Crippen LogP contribution in [0.25, 0.3) is 0 Å². The van der Waals surface area contributed by atoms with Gasteiger partial charge >= 0.3 is 0 Å². The number of anilines is 2. The van der Waals surface area contributed by atoms with Crippen LogP contribution in [0.5, 0.6) is 0 Å². The first-order valence-corrected chi connectivity index (χ1v) is 5.41. The quantitative estimate of drug-likeness (QED) is 0.746. The third-order valence-corrected chi connectivity index (χ3v) is 2.75. The summed E-state index contributed by atoms with van der Waals surface area (Å²) in [4.78, 5) is 15.7. The first-order chi connectivity index (χ1) is 7.58. The van der Waals surface area contributed by atoms with Gasteiger partial charge in [-0.25, -0.2) is 0 Å². The van der Waals surface area contributed by atoms with E-state index in [-0.39, 0.29) is 5.91 Å². The summed E-state index contributed by atoms with van der Waals surface area (Å²) in [5, 5.41) is 0. The third kappa shape index (κ3) is 2.02. The number of hydrogen-bond acceptors (Lipinski definition) is 3. The van der Waals surface area contributed by atoms with Crippen molar-refractivity contribution in [2.75, 3.05) is 37.8 Å². The predicted molar refractivity (Wildman–Crippen MR) is 65.5 cm³/mol. The highest BCUT2D eigenvalue weighted by molar-refractivity contribution is 5.97. The summed E-state index contributed by atoms with van der Waals surface area (Å²) >= 11 is 0. The number of amides is 1. The number of rotatable bonds is 2. The number of carbonyl (C=O) groups is 1. The summed E-state index contributed by atoms with van der Waals surface area (Å²) in [5.41, 5.74) is 8.67. The van der Waals surface area contributed by atoms with Gasteiger partial charge < -0.3 is 15.5 Å². The highest BCUT2D eigenvalue weighted by Crippen LogP contribution is 2.29. The second-order valence-electron chi connectivity index (χ2n) is 4.42. The minimum atomic E-state index is 0.147. The minimum absolute atomic E-state index is 0.147. The van der Waals surface area contributed by atoms with Crippen LogP contribution in [0, 0.1) is 0 Å². The van der Waals surface area contributed by atoms with Crippen LogP contribution < -0.4 is 10.6 Å². The Balaban J connectivity index is 2.20. The van der Waals surface area contributed by atoms with Gasteiger partial charge in [-0.1, -0.05) is 0 Å². The number of carbonyl (C=O) groups excluding carboxylic acids is 1. The van der Waals surface area contributed by atoms with Gasteiger partial charge in [-0.15, -0.1) is 0 Å². The van der Waals surface area contributed by atoms with Crippen molar-refractivity contribution in [1.82, 2.24) is 4.90 Å². The molecule has 0 atom stereocenters. The Bertz CT molecular complexity index is 415. The fourth-order valence-corrected chi connectivity index (χ4v) is 2.04. The Morgan fingerprint density at radius 1 is 1.50 bits per heavy atom. The third-order valence-electron chi connectivity index (χ3n) is 2.75. The van der Waals surface area contributed by atoms with E-state index < -0.39 is 0 Å². The Morgan fingerprint density at radius 2 is 2.25 bits per heavy atom. The standard InChI is InChI=1S/C12H17N3O/c1-14(2)8-12(16)15-6-5-9-7-10(13)3-4-11(9)15/h3-4,7H,5-6,8,13H2,1-2H3. The number of likely N-dealkylation sites (N-methyl/N-ethyl adjacent to an activating group) is 1. The summed E-state index contributed by atoms with van der Waals surface area (Å²) in [6, 6.07) is 5.74. The summed E-state index contributed by atoms with van der Waals surface area (Å²) in [7, 11) is 3.80. The fourth-order valence-electron chi connectivity index (χ4n) is 2.04. The molecular weight excluding hydrogens is 202 g/mol. The largest absolute Gasteiger partial charge is 0.399 e. The Hall–Kier alpha value is -1.55. The van der Waals surface area contributed by atoms with E-state index in [2.05, 4.69) is 0 Å². The number of hydrogen-bond donors (Lipinski definition) is 1. The van der Waals surface area contributed by atoms with Crippen LogP contribution in [-0.4, -0.2) is 38.0 Å². The molecule has 2 N–H and O–H groups in total. The van der Waals surface area contributed by atoms with Crippen LogP contribution in [0.3, 0.4) is 0 Å². The van der Waals surface area contributed by atoms with Crippen molar-refractivity contribution >= 4 is 17.3 Å². The molecule has 0 saturated heterocycles. The van der Waals surface area contributed by atoms with Gasteiger partial charge in [0.1, 0.15) is 0 Å². The van der Waals surface area contributed by atoms with E-state index >= 15 is 0 Å². The topological polar surface area (TPSA) is 49.6 Å². The average Bonchev–Trinajstić information content (AvgIpc) is 2.59. The molecule has 1 heterocycles. The molecule has 4 nitrogen and oxygen atoms in total. The number of benzene rings is 1. The Morgan fingerprint density at radius 3 is 2.94 bits per heavy atom. The Labute approximate surface area is 95.6 Å². The Kier molecular flexibility index (Phi) is 2.83. The first-order valence-electron chi connectivity index (χ1n) is 5.41. The molecular formula is C12H17N3O. The number of nitrogen functional groups attached to an aromatic ring is 1. The molecule has 1 aliphatic rings. The lowest BCUT2D eigenvalue weighted by atomic mass is 10.1. The molecule has 16 heavy (non-hydrogen) atoms. The average molecular weight is 219 g/mol. The van der Waals surface area contributed by atoms with Crippen LogP contribution in [-0.2, 0) is 11.2 Å². The van der Waals surface area contributed by atoms with E-state index in [1.54, 1.807) is 0 Å². The second-order valence-corrected chi connectivity index (χ2v) is 4.42. The van der Waals surface area contributed by atoms with Crippen molar-refractivity contribution in [2.45, 2.75) is 6.42 Å². The van der Waals surface area contributed by atoms with Crippen molar-refractivity contribution in [3.05, 3.63) is 23.8 Å². The SMILES string of the molecule is CN(C)CC(=O)N1CCc2cc(N)ccc21. The number of nitrogens with two attached hydrogens (primary N) is 1. The van der Waals surface area contributed by atoms with E-state index in [1.807, 2.05) is 42.1 Å². The summed E-state index contributed by atoms with van der Waals surface area (Å²) in [6.45, 7) is 1.22. The van der Waals surface area contributed by atoms with Gasteiger partial charge in [0.25, 0.3) is 0 Å². The van der Waals surface area contributed by atoms with Crippen LogP contribution in [0.4, 0.5) is 11.4 Å². The molecule has 0 aromatic heterocycles. The van der Waals surface area contributed by atoms with Crippen LogP contribution in [0.1, 0.15) is 5.56 Å². The predicted octanol–water partition coefficient (Wildman–Crippen LogP) is 0.720. The van der Waals surface area contributed by atoms with Crippen LogP contribution in [0.15, 0.2) is 18.2 Å². The normalized spacial score (nSPS) is 14.3. The molecule has 0 aliphatic carbocycles. The minimum Gasteiger partial charge on any atom is -0.399 e. The maximum atomic E-state index is 12.0. The lowest BCUT2D eigenvalue weighted by Gasteiger charge is -2.19. The zero-order valence-electron chi connectivity index (χ0n) is 9.73. The van der Waals surface area contributed by atoms with Gasteiger partial charge in [0, 0.05) is 17.9 Å². The van der Waals surface area contributed by atoms with Gasteiger partial charge in [0.15, 0.2) is 0 Å². The molecule has 2 rings (SSSR count). The van der Waals surface area contributed by atoms with Gasteiger partial charge in [-0.3, -0.25) is 4.79 Å². The zero-order valence-corrected chi connectivity index (χ0v) is 9.73. The van der Waals surface area contributed by atoms with E-state index in [0.29, 0.717) is 6.54 Å².